The molecule has 0 saturated carbocycles. The van der Waals surface area contributed by atoms with E-state index in [9.17, 15) is 14.7 Å². The number of carbonyl (C=O) groups excluding carboxylic acids is 2. The van der Waals surface area contributed by atoms with Crippen molar-refractivity contribution < 1.29 is 28.9 Å². The Kier molecular flexibility index (Phi) is 10.2. The highest BCUT2D eigenvalue weighted by Gasteiger charge is 2.42. The smallest absolute Gasteiger partial charge is 0.303 e. The molecule has 222 valence electrons. The molecule has 2 heterocycles. The van der Waals surface area contributed by atoms with E-state index in [1.165, 1.54) is 13.8 Å². The van der Waals surface area contributed by atoms with Crippen LogP contribution in [0.2, 0.25) is 0 Å². The van der Waals surface area contributed by atoms with E-state index in [2.05, 4.69) is 22.4 Å². The zero-order valence-electron chi connectivity index (χ0n) is 24.0. The summed E-state index contributed by atoms with van der Waals surface area (Å²) in [4.78, 5) is 28.4. The van der Waals surface area contributed by atoms with Crippen LogP contribution in [0, 0.1) is 0 Å². The van der Waals surface area contributed by atoms with Crippen molar-refractivity contribution in [2.75, 3.05) is 11.1 Å². The number of ether oxygens (including phenoxy) is 3. The van der Waals surface area contributed by atoms with Crippen LogP contribution in [0.15, 0.2) is 108 Å². The van der Waals surface area contributed by atoms with Gasteiger partial charge in [0.2, 0.25) is 0 Å². The number of nitrogens with zero attached hydrogens (tertiary/aromatic N) is 1. The second kappa shape index (κ2) is 14.4. The van der Waals surface area contributed by atoms with E-state index >= 15 is 0 Å². The van der Waals surface area contributed by atoms with Crippen molar-refractivity contribution >= 4 is 29.3 Å². The number of benzene rings is 3. The Hall–Kier alpha value is -4.02. The molecule has 8 nitrogen and oxygen atoms in total. The summed E-state index contributed by atoms with van der Waals surface area (Å²) in [6, 6.07) is 31.1. The predicted molar refractivity (Wildman–Crippen MR) is 164 cm³/mol. The van der Waals surface area contributed by atoms with Crippen molar-refractivity contribution in [2.24, 2.45) is 0 Å². The number of hydrogen-bond acceptors (Lipinski definition) is 8. The van der Waals surface area contributed by atoms with E-state index < -0.39 is 24.3 Å². The first-order valence-corrected chi connectivity index (χ1v) is 15.1. The molecule has 0 radical (unpaired) electrons. The lowest BCUT2D eigenvalue weighted by atomic mass is 9.84. The Balaban J connectivity index is 1.48. The lowest BCUT2D eigenvalue weighted by molar-refractivity contribution is -0.255. The van der Waals surface area contributed by atoms with Gasteiger partial charge in [0.25, 0.3) is 5.91 Å². The van der Waals surface area contributed by atoms with Crippen molar-refractivity contribution in [3.63, 3.8) is 0 Å². The molecule has 0 spiro atoms. The van der Waals surface area contributed by atoms with Gasteiger partial charge in [0.1, 0.15) is 0 Å². The van der Waals surface area contributed by atoms with Crippen LogP contribution < -0.4 is 5.32 Å². The normalized spacial score (nSPS) is 20.6. The maximum atomic E-state index is 12.6. The van der Waals surface area contributed by atoms with Crippen LogP contribution in [-0.4, -0.2) is 39.9 Å². The predicted octanol–water partition coefficient (Wildman–Crippen LogP) is 6.20. The molecule has 43 heavy (non-hydrogen) atoms. The molecular weight excluding hydrogens is 564 g/mol. The number of hydrogen-bond donors (Lipinski definition) is 2. The first-order valence-electron chi connectivity index (χ1n) is 14.1. The number of amides is 1. The highest BCUT2D eigenvalue weighted by atomic mass is 32.2. The molecule has 5 unspecified atom stereocenters. The molecule has 1 aliphatic heterocycles. The molecule has 0 aliphatic carbocycles. The van der Waals surface area contributed by atoms with Crippen molar-refractivity contribution in [3.8, 4) is 0 Å². The third-order valence-electron chi connectivity index (χ3n) is 7.14. The van der Waals surface area contributed by atoms with E-state index in [0.717, 1.165) is 27.3 Å². The van der Waals surface area contributed by atoms with E-state index in [1.54, 1.807) is 30.1 Å². The Morgan fingerprint density at radius 1 is 0.930 bits per heavy atom. The number of nitrogens with one attached hydrogen (secondary N) is 1. The van der Waals surface area contributed by atoms with Crippen LogP contribution in [0.25, 0.3) is 0 Å². The minimum atomic E-state index is -0.936. The minimum absolute atomic E-state index is 0.0441. The quantitative estimate of drug-likeness (QED) is 0.164. The van der Waals surface area contributed by atoms with Crippen molar-refractivity contribution in [1.82, 2.24) is 4.98 Å². The monoisotopic (exact) mass is 598 g/mol. The Labute approximate surface area is 255 Å². The molecular formula is C34H34N2O6S. The Bertz CT molecular complexity index is 1500. The first kappa shape index (κ1) is 30.4. The lowest BCUT2D eigenvalue weighted by Gasteiger charge is -2.43. The van der Waals surface area contributed by atoms with Crippen LogP contribution in [0.5, 0.6) is 0 Å². The molecule has 3 aromatic carbocycles. The summed E-state index contributed by atoms with van der Waals surface area (Å²) >= 11 is 1.62. The zero-order valence-corrected chi connectivity index (χ0v) is 24.8. The number of esters is 1. The van der Waals surface area contributed by atoms with E-state index in [0.29, 0.717) is 11.4 Å². The topological polar surface area (TPSA) is 107 Å². The number of rotatable bonds is 10. The van der Waals surface area contributed by atoms with E-state index in [4.69, 9.17) is 14.2 Å². The summed E-state index contributed by atoms with van der Waals surface area (Å²) in [7, 11) is 0. The van der Waals surface area contributed by atoms with Crippen molar-refractivity contribution in [2.45, 2.75) is 56.0 Å². The first-order chi connectivity index (χ1) is 20.9. The highest BCUT2D eigenvalue weighted by Crippen LogP contribution is 2.48. The number of aromatic nitrogens is 1. The van der Waals surface area contributed by atoms with Gasteiger partial charge in [0, 0.05) is 36.0 Å². The standard InChI is InChI=1S/C34H34N2O6S/c1-22(40-23(2)38)33(39)36-28-12-8-11-27(19-28)34-41-29(21-43-30-13-6-7-18-35-30)31(25-9-4-3-5-10-25)32(42-34)26-16-14-24(20-37)15-17-26/h3-19,22,29,31-32,34,37H,20-21H2,1-2H3,(H,36,39). The number of aliphatic hydroxyl groups is 1. The van der Waals surface area contributed by atoms with Gasteiger partial charge in [0.15, 0.2) is 12.4 Å². The van der Waals surface area contributed by atoms with Gasteiger partial charge in [-0.25, -0.2) is 4.98 Å². The zero-order chi connectivity index (χ0) is 30.2. The third-order valence-corrected chi connectivity index (χ3v) is 8.17. The fraction of sp³-hybridized carbons (Fsp3) is 0.265. The molecule has 4 aromatic rings. The highest BCUT2D eigenvalue weighted by molar-refractivity contribution is 7.99. The van der Waals surface area contributed by atoms with Crippen molar-refractivity contribution in [3.05, 3.63) is 126 Å². The molecule has 0 bridgehead atoms. The maximum Gasteiger partial charge on any atom is 0.303 e. The molecule has 5 rings (SSSR count). The van der Waals surface area contributed by atoms with Gasteiger partial charge < -0.3 is 24.6 Å². The molecule has 1 saturated heterocycles. The molecule has 9 heteroatoms. The van der Waals surface area contributed by atoms with Crippen LogP contribution in [0.1, 0.15) is 54.4 Å². The SMILES string of the molecule is CC(=O)OC(C)C(=O)Nc1cccc(C2OC(CSc3ccccn3)C(c3ccccc3)C(c3ccc(CO)cc3)O2)c1. The Morgan fingerprint density at radius 3 is 2.37 bits per heavy atom. The van der Waals surface area contributed by atoms with Gasteiger partial charge in [-0.15, -0.1) is 11.8 Å². The molecule has 1 fully saturated rings. The molecule has 5 atom stereocenters. The second-order valence-corrected chi connectivity index (χ2v) is 11.3. The van der Waals surface area contributed by atoms with Gasteiger partial charge >= 0.3 is 5.97 Å². The van der Waals surface area contributed by atoms with Gasteiger partial charge in [-0.2, -0.15) is 0 Å². The molecule has 1 aliphatic rings. The minimum Gasteiger partial charge on any atom is -0.453 e. The number of pyridine rings is 1. The fourth-order valence-electron chi connectivity index (χ4n) is 5.06. The summed E-state index contributed by atoms with van der Waals surface area (Å²) in [5, 5.41) is 13.3. The summed E-state index contributed by atoms with van der Waals surface area (Å²) < 4.78 is 18.5. The second-order valence-electron chi connectivity index (χ2n) is 10.2. The fourth-order valence-corrected chi connectivity index (χ4v) is 5.99. The maximum absolute atomic E-state index is 12.6. The summed E-state index contributed by atoms with van der Waals surface area (Å²) in [6.45, 7) is 2.74. The van der Waals surface area contributed by atoms with Gasteiger partial charge in [-0.3, -0.25) is 9.59 Å². The van der Waals surface area contributed by atoms with Gasteiger partial charge in [-0.05, 0) is 47.9 Å². The van der Waals surface area contributed by atoms with E-state index in [1.807, 2.05) is 72.8 Å². The van der Waals surface area contributed by atoms with Gasteiger partial charge in [-0.1, -0.05) is 72.8 Å². The van der Waals surface area contributed by atoms with Crippen molar-refractivity contribution in [1.29, 1.82) is 0 Å². The lowest BCUT2D eigenvalue weighted by Crippen LogP contribution is -2.38. The van der Waals surface area contributed by atoms with Crippen LogP contribution in [-0.2, 0) is 30.4 Å². The summed E-state index contributed by atoms with van der Waals surface area (Å²) in [5.74, 6) is -0.478. The average molecular weight is 599 g/mol. The van der Waals surface area contributed by atoms with Crippen LogP contribution in [0.3, 0.4) is 0 Å². The Morgan fingerprint density at radius 2 is 1.67 bits per heavy atom. The number of carbonyl (C=O) groups is 2. The molecule has 1 amide bonds. The summed E-state index contributed by atoms with van der Waals surface area (Å²) in [5.41, 5.74) is 4.13. The average Bonchev–Trinajstić information content (AvgIpc) is 3.04. The molecule has 2 N–H and O–H groups in total. The number of anilines is 1. The largest absolute Gasteiger partial charge is 0.453 e. The number of thioether (sulfide) groups is 1. The van der Waals surface area contributed by atoms with Crippen LogP contribution >= 0.6 is 11.8 Å². The van der Waals surface area contributed by atoms with Gasteiger partial charge in [0.05, 0.1) is 23.8 Å². The van der Waals surface area contributed by atoms with E-state index in [-0.39, 0.29) is 24.7 Å². The summed E-state index contributed by atoms with van der Waals surface area (Å²) in [6.07, 6.45) is -0.532. The molecule has 1 aromatic heterocycles. The van der Waals surface area contributed by atoms with Crippen LogP contribution in [0.4, 0.5) is 5.69 Å². The third kappa shape index (κ3) is 7.88. The number of aliphatic hydroxyl groups excluding tert-OH is 1.